The molecule has 20 heavy (non-hydrogen) atoms. The molecule has 0 radical (unpaired) electrons. The number of nitrogens with zero attached hydrogens (tertiary/aromatic N) is 2. The molecule has 0 bridgehead atoms. The molecule has 1 aromatic heterocycles. The van der Waals surface area contributed by atoms with Gasteiger partial charge in [-0.25, -0.2) is 0 Å². The van der Waals surface area contributed by atoms with Crippen LogP contribution in [0.1, 0.15) is 25.8 Å². The summed E-state index contributed by atoms with van der Waals surface area (Å²) in [6.07, 6.45) is 0.806. The van der Waals surface area contributed by atoms with Gasteiger partial charge in [0.1, 0.15) is 0 Å². The summed E-state index contributed by atoms with van der Waals surface area (Å²) in [5, 5.41) is 7.21. The van der Waals surface area contributed by atoms with E-state index in [4.69, 9.17) is 0 Å². The third-order valence-corrected chi connectivity index (χ3v) is 5.59. The van der Waals surface area contributed by atoms with Crippen LogP contribution in [0.2, 0.25) is 0 Å². The van der Waals surface area contributed by atoms with Crippen molar-refractivity contribution >= 4 is 21.5 Å². The van der Waals surface area contributed by atoms with Crippen LogP contribution in [0.25, 0.3) is 0 Å². The lowest BCUT2D eigenvalue weighted by molar-refractivity contribution is 0.382. The molecule has 0 aliphatic rings. The van der Waals surface area contributed by atoms with Crippen LogP contribution in [0.4, 0.5) is 0 Å². The summed E-state index contributed by atoms with van der Waals surface area (Å²) in [6.45, 7) is 5.92. The fraction of sp³-hybridized carbons (Fsp3) is 0.692. The summed E-state index contributed by atoms with van der Waals surface area (Å²) in [4.78, 5) is 0. The van der Waals surface area contributed by atoms with Crippen molar-refractivity contribution in [2.45, 2.75) is 32.9 Å². The highest BCUT2D eigenvalue weighted by Crippen LogP contribution is 2.12. The first-order valence-corrected chi connectivity index (χ1v) is 9.10. The van der Waals surface area contributed by atoms with Crippen LogP contribution >= 0.6 is 11.3 Å². The van der Waals surface area contributed by atoms with Gasteiger partial charge >= 0.3 is 0 Å². The van der Waals surface area contributed by atoms with Gasteiger partial charge < -0.3 is 5.32 Å². The maximum atomic E-state index is 12.3. The summed E-state index contributed by atoms with van der Waals surface area (Å²) in [5.74, 6) is 0. The van der Waals surface area contributed by atoms with E-state index in [-0.39, 0.29) is 0 Å². The van der Waals surface area contributed by atoms with Gasteiger partial charge in [-0.3, -0.25) is 0 Å². The van der Waals surface area contributed by atoms with Gasteiger partial charge in [0.2, 0.25) is 0 Å². The fourth-order valence-corrected chi connectivity index (χ4v) is 3.57. The average molecular weight is 319 g/mol. The van der Waals surface area contributed by atoms with Gasteiger partial charge in [0.25, 0.3) is 10.2 Å². The van der Waals surface area contributed by atoms with Gasteiger partial charge in [0.05, 0.1) is 0 Å². The van der Waals surface area contributed by atoms with Gasteiger partial charge in [0, 0.05) is 33.2 Å². The molecule has 0 unspecified atom stereocenters. The lowest BCUT2D eigenvalue weighted by Crippen LogP contribution is -2.40. The van der Waals surface area contributed by atoms with Gasteiger partial charge in [-0.15, -0.1) is 0 Å². The van der Waals surface area contributed by atoms with E-state index in [1.807, 2.05) is 16.8 Å². The molecule has 116 valence electrons. The summed E-state index contributed by atoms with van der Waals surface area (Å²) < 4.78 is 27.5. The maximum absolute atomic E-state index is 12.3. The Balaban J connectivity index is 2.45. The summed E-state index contributed by atoms with van der Waals surface area (Å²) in [6, 6.07) is 2.38. The maximum Gasteiger partial charge on any atom is 0.281 e. The van der Waals surface area contributed by atoms with Crippen LogP contribution in [-0.2, 0) is 16.8 Å². The first kappa shape index (κ1) is 17.6. The minimum absolute atomic E-state index is 0.417. The Morgan fingerprint density at radius 2 is 2.00 bits per heavy atom. The Labute approximate surface area is 126 Å². The van der Waals surface area contributed by atoms with Crippen LogP contribution in [0.15, 0.2) is 16.8 Å². The van der Waals surface area contributed by atoms with E-state index >= 15 is 0 Å². The molecule has 0 aromatic carbocycles. The molecule has 1 N–H and O–H groups in total. The van der Waals surface area contributed by atoms with E-state index in [2.05, 4.69) is 19.2 Å². The van der Waals surface area contributed by atoms with E-state index in [1.165, 1.54) is 8.61 Å². The smallest absolute Gasteiger partial charge is 0.281 e. The van der Waals surface area contributed by atoms with Crippen LogP contribution in [0.3, 0.4) is 0 Å². The standard InChI is InChI=1S/C13H25N3O2S2/c1-12(2)14-7-5-8-15(3)20(17,18)16(4)10-13-6-9-19-11-13/h6,9,11-12,14H,5,7-8,10H2,1-4H3. The highest BCUT2D eigenvalue weighted by atomic mass is 32.2. The van der Waals surface area contributed by atoms with Crippen molar-refractivity contribution in [1.29, 1.82) is 0 Å². The molecule has 0 atom stereocenters. The SMILES string of the molecule is CC(C)NCCCN(C)S(=O)(=O)N(C)Cc1ccsc1. The van der Waals surface area contributed by atoms with Crippen LogP contribution in [0, 0.1) is 0 Å². The number of hydrogen-bond donors (Lipinski definition) is 1. The zero-order chi connectivity index (χ0) is 15.2. The largest absolute Gasteiger partial charge is 0.314 e. The second-order valence-electron chi connectivity index (χ2n) is 5.18. The fourth-order valence-electron chi connectivity index (χ4n) is 1.77. The monoisotopic (exact) mass is 319 g/mol. The van der Waals surface area contributed by atoms with Crippen molar-refractivity contribution < 1.29 is 8.42 Å². The quantitative estimate of drug-likeness (QED) is 0.706. The molecule has 0 saturated carbocycles. The van der Waals surface area contributed by atoms with Gasteiger partial charge in [-0.05, 0) is 35.4 Å². The minimum Gasteiger partial charge on any atom is -0.314 e. The molecule has 0 saturated heterocycles. The number of hydrogen-bond acceptors (Lipinski definition) is 4. The minimum atomic E-state index is -3.37. The molecule has 0 fully saturated rings. The molecular weight excluding hydrogens is 294 g/mol. The normalized spacial score (nSPS) is 12.8. The van der Waals surface area contributed by atoms with Crippen molar-refractivity contribution in [2.75, 3.05) is 27.2 Å². The molecule has 1 aromatic rings. The predicted octanol–water partition coefficient (Wildman–Crippen LogP) is 1.74. The average Bonchev–Trinajstić information content (AvgIpc) is 2.86. The first-order chi connectivity index (χ1) is 9.34. The second-order valence-corrected chi connectivity index (χ2v) is 8.10. The molecular formula is C13H25N3O2S2. The zero-order valence-corrected chi connectivity index (χ0v) is 14.3. The predicted molar refractivity (Wildman–Crippen MR) is 85.1 cm³/mol. The third-order valence-electron chi connectivity index (χ3n) is 2.98. The number of nitrogens with one attached hydrogen (secondary N) is 1. The molecule has 0 amide bonds. The van der Waals surface area contributed by atoms with E-state index in [1.54, 1.807) is 25.4 Å². The lowest BCUT2D eigenvalue weighted by Gasteiger charge is -2.24. The molecule has 1 rings (SSSR count). The summed E-state index contributed by atoms with van der Waals surface area (Å²) in [5.41, 5.74) is 1.02. The van der Waals surface area contributed by atoms with E-state index < -0.39 is 10.2 Å². The van der Waals surface area contributed by atoms with Crippen LogP contribution < -0.4 is 5.32 Å². The van der Waals surface area contributed by atoms with E-state index in [9.17, 15) is 8.42 Å². The van der Waals surface area contributed by atoms with Gasteiger partial charge in [-0.2, -0.15) is 28.4 Å². The van der Waals surface area contributed by atoms with Crippen molar-refractivity contribution in [3.05, 3.63) is 22.4 Å². The van der Waals surface area contributed by atoms with Crippen molar-refractivity contribution in [3.8, 4) is 0 Å². The van der Waals surface area contributed by atoms with Crippen molar-refractivity contribution in [2.24, 2.45) is 0 Å². The summed E-state index contributed by atoms with van der Waals surface area (Å²) in [7, 11) is -0.118. The lowest BCUT2D eigenvalue weighted by atomic mass is 10.3. The Kier molecular flexibility index (Phi) is 7.11. The van der Waals surface area contributed by atoms with E-state index in [0.717, 1.165) is 18.5 Å². The van der Waals surface area contributed by atoms with Gasteiger partial charge in [-0.1, -0.05) is 13.8 Å². The second kappa shape index (κ2) is 8.09. The number of thiophene rings is 1. The highest BCUT2D eigenvalue weighted by molar-refractivity contribution is 7.86. The van der Waals surface area contributed by atoms with Crippen molar-refractivity contribution in [3.63, 3.8) is 0 Å². The Hall–Kier alpha value is -0.470. The van der Waals surface area contributed by atoms with E-state index in [0.29, 0.717) is 19.1 Å². The molecule has 0 aliphatic carbocycles. The third kappa shape index (κ3) is 5.49. The van der Waals surface area contributed by atoms with Gasteiger partial charge in [0.15, 0.2) is 0 Å². The van der Waals surface area contributed by atoms with Crippen molar-refractivity contribution in [1.82, 2.24) is 13.9 Å². The topological polar surface area (TPSA) is 52.7 Å². The molecule has 5 nitrogen and oxygen atoms in total. The first-order valence-electron chi connectivity index (χ1n) is 6.76. The summed E-state index contributed by atoms with van der Waals surface area (Å²) >= 11 is 1.58. The molecule has 0 spiro atoms. The highest BCUT2D eigenvalue weighted by Gasteiger charge is 2.23. The zero-order valence-electron chi connectivity index (χ0n) is 12.7. The Bertz CT molecular complexity index is 472. The Morgan fingerprint density at radius 1 is 1.30 bits per heavy atom. The number of rotatable bonds is 9. The van der Waals surface area contributed by atoms with Crippen LogP contribution in [-0.4, -0.2) is 50.3 Å². The molecule has 0 aliphatic heterocycles. The van der Waals surface area contributed by atoms with Crippen LogP contribution in [0.5, 0.6) is 0 Å². The molecule has 1 heterocycles. The molecule has 7 heteroatoms. The Morgan fingerprint density at radius 3 is 2.55 bits per heavy atom.